The molecule has 3 rings (SSSR count). The number of aryl methyl sites for hydroxylation is 2. The monoisotopic (exact) mass is 381 g/mol. The number of carbonyl (C=O) groups excluding carboxylic acids is 1. The highest BCUT2D eigenvalue weighted by Gasteiger charge is 2.41. The fourth-order valence-electron chi connectivity index (χ4n) is 3.94. The second kappa shape index (κ2) is 9.24. The molecule has 4 nitrogen and oxygen atoms in total. The van der Waals surface area contributed by atoms with Crippen molar-refractivity contribution in [3.05, 3.63) is 59.2 Å². The van der Waals surface area contributed by atoms with Crippen LogP contribution in [0, 0.1) is 13.8 Å². The van der Waals surface area contributed by atoms with Crippen LogP contribution < -0.4 is 10.1 Å². The Kier molecular flexibility index (Phi) is 6.74. The summed E-state index contributed by atoms with van der Waals surface area (Å²) < 4.78 is 11.5. The molecule has 1 amide bonds. The Morgan fingerprint density at radius 3 is 2.36 bits per heavy atom. The first-order chi connectivity index (χ1) is 13.6. The Morgan fingerprint density at radius 1 is 1.11 bits per heavy atom. The molecule has 0 aliphatic carbocycles. The molecule has 0 unspecified atom stereocenters. The minimum atomic E-state index is -0.544. The number of benzene rings is 2. The van der Waals surface area contributed by atoms with E-state index < -0.39 is 5.41 Å². The highest BCUT2D eigenvalue weighted by Crippen LogP contribution is 2.37. The van der Waals surface area contributed by atoms with Crippen molar-refractivity contribution in [3.8, 4) is 5.75 Å². The molecule has 1 N–H and O–H groups in total. The molecule has 1 aliphatic heterocycles. The van der Waals surface area contributed by atoms with E-state index in [2.05, 4.69) is 12.2 Å². The van der Waals surface area contributed by atoms with Gasteiger partial charge in [0.15, 0.2) is 0 Å². The number of hydrogen-bond acceptors (Lipinski definition) is 3. The maximum atomic E-state index is 13.4. The smallest absolute Gasteiger partial charge is 0.235 e. The van der Waals surface area contributed by atoms with Gasteiger partial charge in [0, 0.05) is 18.9 Å². The number of unbranched alkanes of at least 4 members (excludes halogenated alkanes) is 1. The topological polar surface area (TPSA) is 47.6 Å². The third-order valence-corrected chi connectivity index (χ3v) is 5.57. The second-order valence-electron chi connectivity index (χ2n) is 7.66. The molecule has 1 heterocycles. The van der Waals surface area contributed by atoms with Gasteiger partial charge in [0.05, 0.1) is 12.0 Å². The van der Waals surface area contributed by atoms with E-state index in [0.717, 1.165) is 47.6 Å². The Labute approximate surface area is 168 Å². The van der Waals surface area contributed by atoms with Crippen LogP contribution in [0.2, 0.25) is 0 Å². The van der Waals surface area contributed by atoms with E-state index in [1.54, 1.807) is 0 Å². The summed E-state index contributed by atoms with van der Waals surface area (Å²) in [5, 5.41) is 3.18. The molecule has 1 aliphatic rings. The summed E-state index contributed by atoms with van der Waals surface area (Å²) in [7, 11) is 0. The van der Waals surface area contributed by atoms with Crippen LogP contribution in [0.25, 0.3) is 0 Å². The van der Waals surface area contributed by atoms with Crippen molar-refractivity contribution in [2.45, 2.75) is 51.9 Å². The minimum absolute atomic E-state index is 0.0421. The zero-order chi connectivity index (χ0) is 20.0. The summed E-state index contributed by atoms with van der Waals surface area (Å²) in [5.74, 6) is 0.968. The average Bonchev–Trinajstić information content (AvgIpc) is 2.71. The van der Waals surface area contributed by atoms with E-state index in [1.807, 2.05) is 56.3 Å². The maximum absolute atomic E-state index is 13.4. The molecule has 0 saturated carbocycles. The van der Waals surface area contributed by atoms with Crippen LogP contribution in [0.3, 0.4) is 0 Å². The number of hydrogen-bond donors (Lipinski definition) is 1. The summed E-state index contributed by atoms with van der Waals surface area (Å²) in [6.07, 6.45) is 3.54. The Hall–Kier alpha value is -2.33. The highest BCUT2D eigenvalue weighted by atomic mass is 16.5. The Balaban J connectivity index is 1.82. The number of ether oxygens (including phenoxy) is 2. The van der Waals surface area contributed by atoms with Gasteiger partial charge in [0.1, 0.15) is 5.75 Å². The number of carbonyl (C=O) groups is 1. The lowest BCUT2D eigenvalue weighted by atomic mass is 9.73. The molecule has 2 aromatic carbocycles. The molecule has 0 radical (unpaired) electrons. The average molecular weight is 382 g/mol. The van der Waals surface area contributed by atoms with Crippen LogP contribution in [0.1, 0.15) is 49.3 Å². The zero-order valence-electron chi connectivity index (χ0n) is 17.2. The van der Waals surface area contributed by atoms with Crippen LogP contribution in [0.5, 0.6) is 5.75 Å². The van der Waals surface area contributed by atoms with Crippen LogP contribution in [0.15, 0.2) is 42.5 Å². The Morgan fingerprint density at radius 2 is 1.75 bits per heavy atom. The van der Waals surface area contributed by atoms with Crippen molar-refractivity contribution in [2.75, 3.05) is 25.1 Å². The van der Waals surface area contributed by atoms with Crippen molar-refractivity contribution in [1.82, 2.24) is 0 Å². The van der Waals surface area contributed by atoms with Gasteiger partial charge in [-0.1, -0.05) is 43.7 Å². The van der Waals surface area contributed by atoms with E-state index >= 15 is 0 Å². The number of rotatable bonds is 7. The molecular weight excluding hydrogens is 350 g/mol. The number of nitrogens with one attached hydrogen (secondary N) is 1. The minimum Gasteiger partial charge on any atom is -0.493 e. The van der Waals surface area contributed by atoms with Crippen molar-refractivity contribution in [1.29, 1.82) is 0 Å². The van der Waals surface area contributed by atoms with Crippen LogP contribution >= 0.6 is 0 Å². The quantitative estimate of drug-likeness (QED) is 0.673. The van der Waals surface area contributed by atoms with Gasteiger partial charge >= 0.3 is 0 Å². The van der Waals surface area contributed by atoms with Gasteiger partial charge < -0.3 is 14.8 Å². The van der Waals surface area contributed by atoms with E-state index in [0.29, 0.717) is 26.1 Å². The van der Waals surface area contributed by atoms with Gasteiger partial charge in [-0.15, -0.1) is 0 Å². The summed E-state index contributed by atoms with van der Waals surface area (Å²) in [6, 6.07) is 14.1. The van der Waals surface area contributed by atoms with Gasteiger partial charge in [-0.2, -0.15) is 0 Å². The molecule has 0 aromatic heterocycles. The van der Waals surface area contributed by atoms with Gasteiger partial charge in [0.2, 0.25) is 5.91 Å². The molecule has 0 atom stereocenters. The van der Waals surface area contributed by atoms with E-state index in [9.17, 15) is 4.79 Å². The molecule has 28 heavy (non-hydrogen) atoms. The number of anilines is 1. The maximum Gasteiger partial charge on any atom is 0.235 e. The molecular formula is C24H31NO3. The largest absolute Gasteiger partial charge is 0.493 e. The molecule has 2 aromatic rings. The summed E-state index contributed by atoms with van der Waals surface area (Å²) in [5.41, 5.74) is 3.44. The Bertz CT molecular complexity index is 772. The fourth-order valence-corrected chi connectivity index (χ4v) is 3.94. The van der Waals surface area contributed by atoms with Gasteiger partial charge in [-0.3, -0.25) is 4.79 Å². The molecule has 1 fully saturated rings. The third kappa shape index (κ3) is 4.39. The molecule has 0 bridgehead atoms. The van der Waals surface area contributed by atoms with Gasteiger partial charge in [-0.05, 0) is 61.9 Å². The predicted octanol–water partition coefficient (Wildman–Crippen LogP) is 5.17. The molecule has 4 heteroatoms. The van der Waals surface area contributed by atoms with Crippen molar-refractivity contribution in [3.63, 3.8) is 0 Å². The summed E-state index contributed by atoms with van der Waals surface area (Å²) in [4.78, 5) is 13.4. The summed E-state index contributed by atoms with van der Waals surface area (Å²) in [6.45, 7) is 8.15. The van der Waals surface area contributed by atoms with Crippen LogP contribution in [0.4, 0.5) is 5.69 Å². The van der Waals surface area contributed by atoms with Crippen molar-refractivity contribution in [2.24, 2.45) is 0 Å². The first-order valence-electron chi connectivity index (χ1n) is 10.3. The van der Waals surface area contributed by atoms with E-state index in [1.165, 1.54) is 0 Å². The van der Waals surface area contributed by atoms with Gasteiger partial charge in [0.25, 0.3) is 0 Å². The van der Waals surface area contributed by atoms with E-state index in [-0.39, 0.29) is 5.91 Å². The number of amides is 1. The highest BCUT2D eigenvalue weighted by molar-refractivity contribution is 5.99. The van der Waals surface area contributed by atoms with Gasteiger partial charge in [-0.25, -0.2) is 0 Å². The normalized spacial score (nSPS) is 15.8. The van der Waals surface area contributed by atoms with Crippen LogP contribution in [-0.4, -0.2) is 25.7 Å². The van der Waals surface area contributed by atoms with Crippen molar-refractivity contribution >= 4 is 11.6 Å². The lowest BCUT2D eigenvalue weighted by Crippen LogP contribution is -2.44. The molecule has 0 spiro atoms. The molecule has 150 valence electrons. The van der Waals surface area contributed by atoms with Crippen molar-refractivity contribution < 1.29 is 14.3 Å². The van der Waals surface area contributed by atoms with Crippen LogP contribution in [-0.2, 0) is 14.9 Å². The SMILES string of the molecule is CCCCOc1c(C)cc(NC(=O)C2(c3ccccc3)CCOCC2)cc1C. The lowest BCUT2D eigenvalue weighted by Gasteiger charge is -2.36. The third-order valence-electron chi connectivity index (χ3n) is 5.57. The zero-order valence-corrected chi connectivity index (χ0v) is 17.2. The lowest BCUT2D eigenvalue weighted by molar-refractivity contribution is -0.125. The first kappa shape index (κ1) is 20.4. The predicted molar refractivity (Wildman–Crippen MR) is 113 cm³/mol. The summed E-state index contributed by atoms with van der Waals surface area (Å²) >= 11 is 0. The first-order valence-corrected chi connectivity index (χ1v) is 10.3. The van der Waals surface area contributed by atoms with E-state index in [4.69, 9.17) is 9.47 Å². The standard InChI is InChI=1S/C24H31NO3/c1-4-5-13-28-22-18(2)16-21(17-19(22)3)25-23(26)24(11-14-27-15-12-24)20-9-7-6-8-10-20/h6-10,16-17H,4-5,11-15H2,1-3H3,(H,25,26). The second-order valence-corrected chi connectivity index (χ2v) is 7.66. The molecule has 1 saturated heterocycles. The fraction of sp³-hybridized carbons (Fsp3) is 0.458.